The first-order chi connectivity index (χ1) is 16.2. The quantitative estimate of drug-likeness (QED) is 0.466. The lowest BCUT2D eigenvalue weighted by atomic mass is 10.2. The van der Waals surface area contributed by atoms with E-state index in [4.69, 9.17) is 9.47 Å². The summed E-state index contributed by atoms with van der Waals surface area (Å²) in [6, 6.07) is 28.4. The van der Waals surface area contributed by atoms with Gasteiger partial charge in [0.1, 0.15) is 11.5 Å². The molecule has 1 atom stereocenters. The van der Waals surface area contributed by atoms with E-state index in [1.54, 1.807) is 7.11 Å². The standard InChI is InChI=1S/C26H30N3O3P/c1-31-25-14-12-22(13-15-25)26(27-18-20-32-21-19-27)33(30)28(23-8-4-2-5-9-23)16-17-29(33)24-10-6-3-7-11-24/h2-15,26H,16-21H2,1H3/t26-/m0/s1. The van der Waals surface area contributed by atoms with Gasteiger partial charge in [-0.25, -0.2) is 0 Å². The van der Waals surface area contributed by atoms with Gasteiger partial charge in [0.2, 0.25) is 0 Å². The van der Waals surface area contributed by atoms with E-state index in [-0.39, 0.29) is 5.78 Å². The monoisotopic (exact) mass is 463 g/mol. The van der Waals surface area contributed by atoms with Crippen molar-refractivity contribution in [3.63, 3.8) is 0 Å². The van der Waals surface area contributed by atoms with Crippen molar-refractivity contribution >= 4 is 18.8 Å². The molecule has 0 radical (unpaired) electrons. The number of ether oxygens (including phenoxy) is 2. The smallest absolute Gasteiger partial charge is 0.284 e. The molecule has 5 rings (SSSR count). The van der Waals surface area contributed by atoms with Crippen molar-refractivity contribution in [3.05, 3.63) is 90.5 Å². The molecule has 6 nitrogen and oxygen atoms in total. The molecule has 0 amide bonds. The molecular weight excluding hydrogens is 433 g/mol. The van der Waals surface area contributed by atoms with Gasteiger partial charge < -0.3 is 18.8 Å². The third kappa shape index (κ3) is 4.15. The largest absolute Gasteiger partial charge is 0.497 e. The van der Waals surface area contributed by atoms with Gasteiger partial charge in [-0.2, -0.15) is 0 Å². The van der Waals surface area contributed by atoms with Crippen LogP contribution in [0.1, 0.15) is 11.3 Å². The fourth-order valence-electron chi connectivity index (χ4n) is 4.88. The summed E-state index contributed by atoms with van der Waals surface area (Å²) in [5, 5.41) is 0. The predicted molar refractivity (Wildman–Crippen MR) is 133 cm³/mol. The Morgan fingerprint density at radius 3 is 1.76 bits per heavy atom. The van der Waals surface area contributed by atoms with Gasteiger partial charge in [0, 0.05) is 37.6 Å². The van der Waals surface area contributed by atoms with Crippen LogP contribution in [-0.4, -0.2) is 51.4 Å². The van der Waals surface area contributed by atoms with Gasteiger partial charge in [-0.15, -0.1) is 0 Å². The highest BCUT2D eigenvalue weighted by atomic mass is 31.2. The molecule has 0 N–H and O–H groups in total. The average molecular weight is 464 g/mol. The maximum absolute atomic E-state index is 15.6. The zero-order valence-corrected chi connectivity index (χ0v) is 19.8. The first-order valence-corrected chi connectivity index (χ1v) is 13.1. The zero-order valence-electron chi connectivity index (χ0n) is 18.9. The van der Waals surface area contributed by atoms with Gasteiger partial charge in [-0.3, -0.25) is 9.46 Å². The van der Waals surface area contributed by atoms with Gasteiger partial charge in [0.25, 0.3) is 7.44 Å². The van der Waals surface area contributed by atoms with Gasteiger partial charge >= 0.3 is 0 Å². The Morgan fingerprint density at radius 2 is 1.27 bits per heavy atom. The summed E-state index contributed by atoms with van der Waals surface area (Å²) >= 11 is 0. The summed E-state index contributed by atoms with van der Waals surface area (Å²) in [5.74, 6) is 0.499. The van der Waals surface area contributed by atoms with E-state index >= 15 is 4.57 Å². The first kappa shape index (κ1) is 22.0. The lowest BCUT2D eigenvalue weighted by Gasteiger charge is -2.44. The van der Waals surface area contributed by atoms with Crippen LogP contribution in [-0.2, 0) is 9.30 Å². The van der Waals surface area contributed by atoms with Crippen LogP contribution < -0.4 is 14.1 Å². The Bertz CT molecular complexity index is 1040. The summed E-state index contributed by atoms with van der Waals surface area (Å²) in [5.41, 5.74) is 3.02. The van der Waals surface area contributed by atoms with Crippen LogP contribution in [0.4, 0.5) is 11.4 Å². The number of anilines is 2. The Hall–Kier alpha value is -2.79. The molecule has 0 aliphatic carbocycles. The molecule has 33 heavy (non-hydrogen) atoms. The average Bonchev–Trinajstić information content (AvgIpc) is 3.23. The van der Waals surface area contributed by atoms with E-state index in [1.807, 2.05) is 48.5 Å². The Balaban J connectivity index is 1.67. The highest BCUT2D eigenvalue weighted by Gasteiger charge is 2.52. The highest BCUT2D eigenvalue weighted by molar-refractivity contribution is 7.67. The fourth-order valence-corrected chi connectivity index (χ4v) is 8.56. The minimum atomic E-state index is -3.16. The number of para-hydroxylation sites is 2. The van der Waals surface area contributed by atoms with Gasteiger partial charge in [0.15, 0.2) is 0 Å². The van der Waals surface area contributed by atoms with E-state index in [2.05, 4.69) is 50.6 Å². The van der Waals surface area contributed by atoms with Crippen LogP contribution in [0.15, 0.2) is 84.9 Å². The molecule has 2 saturated heterocycles. The second kappa shape index (κ2) is 9.60. The number of methoxy groups -OCH3 is 1. The van der Waals surface area contributed by atoms with Gasteiger partial charge in [-0.05, 0) is 42.0 Å². The molecule has 2 aliphatic heterocycles. The SMILES string of the molecule is COc1ccc([C@@H](N2CCOCC2)P2(=O)N(c3ccccc3)CCN2c2ccccc2)cc1. The molecule has 2 aliphatic rings. The van der Waals surface area contributed by atoms with E-state index in [9.17, 15) is 0 Å². The number of nitrogens with zero attached hydrogens (tertiary/aromatic N) is 3. The second-order valence-electron chi connectivity index (χ2n) is 8.30. The number of rotatable bonds is 6. The normalized spacial score (nSPS) is 19.4. The number of hydrogen-bond donors (Lipinski definition) is 0. The molecule has 0 bridgehead atoms. The van der Waals surface area contributed by atoms with Crippen molar-refractivity contribution in [2.45, 2.75) is 5.78 Å². The molecule has 0 aromatic heterocycles. The van der Waals surface area contributed by atoms with Crippen LogP contribution in [0.3, 0.4) is 0 Å². The fraction of sp³-hybridized carbons (Fsp3) is 0.308. The number of morpholine rings is 1. The third-order valence-corrected chi connectivity index (χ3v) is 9.96. The first-order valence-electron chi connectivity index (χ1n) is 11.4. The highest BCUT2D eigenvalue weighted by Crippen LogP contribution is 2.69. The van der Waals surface area contributed by atoms with Crippen molar-refractivity contribution in [3.8, 4) is 5.75 Å². The third-order valence-electron chi connectivity index (χ3n) is 6.45. The van der Waals surface area contributed by atoms with Crippen LogP contribution in [0.25, 0.3) is 0 Å². The molecule has 0 saturated carbocycles. The van der Waals surface area contributed by atoms with Crippen molar-refractivity contribution in [1.29, 1.82) is 0 Å². The van der Waals surface area contributed by atoms with Crippen molar-refractivity contribution in [2.75, 3.05) is 55.8 Å². The van der Waals surface area contributed by atoms with Crippen LogP contribution in [0, 0.1) is 0 Å². The number of hydrogen-bond acceptors (Lipinski definition) is 4. The summed E-state index contributed by atoms with van der Waals surface area (Å²) in [6.45, 7) is 4.17. The Morgan fingerprint density at radius 1 is 0.758 bits per heavy atom. The molecule has 7 heteroatoms. The summed E-state index contributed by atoms with van der Waals surface area (Å²) < 4.78 is 30.9. The molecule has 3 aromatic carbocycles. The zero-order chi connectivity index (χ0) is 22.7. The summed E-state index contributed by atoms with van der Waals surface area (Å²) in [4.78, 5) is 2.34. The van der Waals surface area contributed by atoms with Crippen LogP contribution in [0.5, 0.6) is 5.75 Å². The minimum Gasteiger partial charge on any atom is -0.497 e. The molecule has 2 fully saturated rings. The topological polar surface area (TPSA) is 45.3 Å². The van der Waals surface area contributed by atoms with Crippen molar-refractivity contribution in [1.82, 2.24) is 4.90 Å². The maximum Gasteiger partial charge on any atom is 0.284 e. The van der Waals surface area contributed by atoms with Crippen molar-refractivity contribution in [2.24, 2.45) is 0 Å². The second-order valence-corrected chi connectivity index (χ2v) is 10.9. The van der Waals surface area contributed by atoms with E-state index in [0.717, 1.165) is 35.8 Å². The van der Waals surface area contributed by atoms with Crippen LogP contribution >= 0.6 is 7.44 Å². The van der Waals surface area contributed by atoms with Crippen molar-refractivity contribution < 1.29 is 14.0 Å². The summed E-state index contributed by atoms with van der Waals surface area (Å²) in [6.07, 6.45) is 0. The van der Waals surface area contributed by atoms with E-state index in [1.165, 1.54) is 0 Å². The lowest BCUT2D eigenvalue weighted by molar-refractivity contribution is 0.0303. The molecule has 0 spiro atoms. The number of benzene rings is 3. The lowest BCUT2D eigenvalue weighted by Crippen LogP contribution is -2.42. The van der Waals surface area contributed by atoms with Gasteiger partial charge in [0.05, 0.1) is 20.3 Å². The Kier molecular flexibility index (Phi) is 6.41. The molecular formula is C26H30N3O3P. The minimum absolute atomic E-state index is 0.296. The predicted octanol–water partition coefficient (Wildman–Crippen LogP) is 5.25. The molecule has 2 heterocycles. The van der Waals surface area contributed by atoms with Crippen LogP contribution in [0.2, 0.25) is 0 Å². The molecule has 172 valence electrons. The van der Waals surface area contributed by atoms with E-state index in [0.29, 0.717) is 26.3 Å². The maximum atomic E-state index is 15.6. The molecule has 0 unspecified atom stereocenters. The van der Waals surface area contributed by atoms with Gasteiger partial charge in [-0.1, -0.05) is 48.5 Å². The summed E-state index contributed by atoms with van der Waals surface area (Å²) in [7, 11) is -1.49. The van der Waals surface area contributed by atoms with E-state index < -0.39 is 7.44 Å². The Labute approximate surface area is 195 Å². The molecule has 3 aromatic rings.